The van der Waals surface area contributed by atoms with E-state index in [0.29, 0.717) is 0 Å². The fraction of sp³-hybridized carbons (Fsp3) is 0.179. The predicted molar refractivity (Wildman–Crippen MR) is 144 cm³/mol. The number of furan rings is 1. The molecule has 7 heteroatoms. The third kappa shape index (κ3) is 6.87. The topological polar surface area (TPSA) is 45.9 Å². The summed E-state index contributed by atoms with van der Waals surface area (Å²) in [5, 5.41) is 0. The molecular formula is C28H28N2O3S2. The van der Waals surface area contributed by atoms with Gasteiger partial charge in [-0.15, -0.1) is 0 Å². The smallest absolute Gasteiger partial charge is 0.374 e. The Morgan fingerprint density at radius 1 is 0.743 bits per heavy atom. The Kier molecular flexibility index (Phi) is 8.10. The monoisotopic (exact) mass is 504 g/mol. The van der Waals surface area contributed by atoms with Gasteiger partial charge in [-0.25, -0.2) is 4.79 Å². The maximum Gasteiger partial charge on any atom is 0.374 e. The van der Waals surface area contributed by atoms with Crippen molar-refractivity contribution in [2.24, 2.45) is 0 Å². The highest BCUT2D eigenvalue weighted by molar-refractivity contribution is 8.00. The van der Waals surface area contributed by atoms with E-state index in [9.17, 15) is 4.79 Å². The first kappa shape index (κ1) is 24.8. The lowest BCUT2D eigenvalue weighted by atomic mass is 10.2. The van der Waals surface area contributed by atoms with Gasteiger partial charge in [-0.05, 0) is 84.4 Å². The normalized spacial score (nSPS) is 10.7. The van der Waals surface area contributed by atoms with Crippen molar-refractivity contribution < 1.29 is 13.9 Å². The summed E-state index contributed by atoms with van der Waals surface area (Å²) >= 11 is 3.38. The van der Waals surface area contributed by atoms with Gasteiger partial charge in [0.2, 0.25) is 5.76 Å². The molecule has 4 aromatic rings. The molecule has 180 valence electrons. The Labute approximate surface area is 215 Å². The molecular weight excluding hydrogens is 476 g/mol. The molecule has 35 heavy (non-hydrogen) atoms. The molecule has 0 N–H and O–H groups in total. The summed E-state index contributed by atoms with van der Waals surface area (Å²) in [4.78, 5) is 20.9. The Morgan fingerprint density at radius 3 is 1.69 bits per heavy atom. The summed E-state index contributed by atoms with van der Waals surface area (Å²) in [7, 11) is 8.13. The summed E-state index contributed by atoms with van der Waals surface area (Å²) in [5.74, 6) is -0.270. The summed E-state index contributed by atoms with van der Waals surface area (Å²) < 4.78 is 10.7. The first-order valence-corrected chi connectivity index (χ1v) is 12.8. The van der Waals surface area contributed by atoms with Crippen molar-refractivity contribution in [3.8, 4) is 0 Å². The molecule has 3 aromatic carbocycles. The van der Waals surface area contributed by atoms with Gasteiger partial charge in [0.1, 0.15) is 6.61 Å². The maximum atomic E-state index is 12.3. The average molecular weight is 505 g/mol. The standard InChI is InChI=1S/C28H28N2O3S2/c1-29(2)21-7-11-23(12-8-21)34-25-16-20(19-33-28(31)27-6-5-15-32-27)17-26(18-25)35-24-13-9-22(10-14-24)30(3)4/h5-18H,19H2,1-4H3. The van der Waals surface area contributed by atoms with Gasteiger partial charge in [0.15, 0.2) is 0 Å². The zero-order chi connectivity index (χ0) is 24.8. The van der Waals surface area contributed by atoms with Crippen molar-refractivity contribution in [1.82, 2.24) is 0 Å². The number of hydrogen-bond donors (Lipinski definition) is 0. The number of rotatable bonds is 9. The molecule has 0 radical (unpaired) electrons. The third-order valence-corrected chi connectivity index (χ3v) is 7.17. The fourth-order valence-corrected chi connectivity index (χ4v) is 5.30. The van der Waals surface area contributed by atoms with Gasteiger partial charge in [0.05, 0.1) is 6.26 Å². The van der Waals surface area contributed by atoms with Crippen molar-refractivity contribution in [2.75, 3.05) is 38.0 Å². The molecule has 0 bridgehead atoms. The van der Waals surface area contributed by atoms with E-state index in [-0.39, 0.29) is 12.4 Å². The van der Waals surface area contributed by atoms with E-state index < -0.39 is 5.97 Å². The first-order valence-electron chi connectivity index (χ1n) is 11.1. The second kappa shape index (κ2) is 11.4. The van der Waals surface area contributed by atoms with Crippen LogP contribution in [0.5, 0.6) is 0 Å². The van der Waals surface area contributed by atoms with Gasteiger partial charge in [-0.1, -0.05) is 23.5 Å². The van der Waals surface area contributed by atoms with E-state index in [2.05, 4.69) is 76.5 Å². The quantitative estimate of drug-likeness (QED) is 0.226. The van der Waals surface area contributed by atoms with Crippen LogP contribution in [0.15, 0.2) is 109 Å². The van der Waals surface area contributed by atoms with Gasteiger partial charge < -0.3 is 19.0 Å². The molecule has 0 aliphatic carbocycles. The van der Waals surface area contributed by atoms with Crippen molar-refractivity contribution in [2.45, 2.75) is 26.2 Å². The molecule has 1 aromatic heterocycles. The molecule has 0 spiro atoms. The lowest BCUT2D eigenvalue weighted by Crippen LogP contribution is -2.07. The lowest BCUT2D eigenvalue weighted by Gasteiger charge is -2.14. The molecule has 1 heterocycles. The first-order chi connectivity index (χ1) is 16.9. The zero-order valence-corrected chi connectivity index (χ0v) is 21.9. The molecule has 0 saturated carbocycles. The zero-order valence-electron chi connectivity index (χ0n) is 20.2. The van der Waals surface area contributed by atoms with E-state index in [1.807, 2.05) is 28.2 Å². The molecule has 4 rings (SSSR count). The Bertz CT molecular complexity index is 1180. The molecule has 0 amide bonds. The minimum absolute atomic E-state index is 0.167. The van der Waals surface area contributed by atoms with Crippen LogP contribution in [0.1, 0.15) is 16.1 Å². The van der Waals surface area contributed by atoms with E-state index in [0.717, 1.165) is 36.5 Å². The Balaban J connectivity index is 1.56. The van der Waals surface area contributed by atoms with Crippen LogP contribution in [0.3, 0.4) is 0 Å². The molecule has 0 atom stereocenters. The highest BCUT2D eigenvalue weighted by atomic mass is 32.2. The Hall–Kier alpha value is -3.29. The molecule has 5 nitrogen and oxygen atoms in total. The number of nitrogens with zero attached hydrogens (tertiary/aromatic N) is 2. The SMILES string of the molecule is CN(C)c1ccc(Sc2cc(COC(=O)c3ccco3)cc(Sc3ccc(N(C)C)cc3)c2)cc1. The Morgan fingerprint density at radius 2 is 1.26 bits per heavy atom. The second-order valence-corrected chi connectivity index (χ2v) is 10.6. The lowest BCUT2D eigenvalue weighted by molar-refractivity contribution is 0.0435. The maximum absolute atomic E-state index is 12.3. The van der Waals surface area contributed by atoms with Crippen LogP contribution < -0.4 is 9.80 Å². The van der Waals surface area contributed by atoms with Crippen LogP contribution in [0.2, 0.25) is 0 Å². The summed E-state index contributed by atoms with van der Waals surface area (Å²) in [5.41, 5.74) is 3.24. The number of benzene rings is 3. The number of hydrogen-bond acceptors (Lipinski definition) is 7. The minimum Gasteiger partial charge on any atom is -0.457 e. The van der Waals surface area contributed by atoms with E-state index in [1.54, 1.807) is 35.7 Å². The molecule has 0 aliphatic heterocycles. The number of carbonyl (C=O) groups is 1. The summed E-state index contributed by atoms with van der Waals surface area (Å²) in [6.45, 7) is 0.167. The minimum atomic E-state index is -0.471. The van der Waals surface area contributed by atoms with Gasteiger partial charge >= 0.3 is 5.97 Å². The van der Waals surface area contributed by atoms with Gasteiger partial charge in [-0.3, -0.25) is 0 Å². The average Bonchev–Trinajstić information content (AvgIpc) is 3.38. The number of ether oxygens (including phenoxy) is 1. The molecule has 0 fully saturated rings. The van der Waals surface area contributed by atoms with Crippen LogP contribution >= 0.6 is 23.5 Å². The highest BCUT2D eigenvalue weighted by Gasteiger charge is 2.12. The van der Waals surface area contributed by atoms with Crippen LogP contribution in [0.4, 0.5) is 11.4 Å². The van der Waals surface area contributed by atoms with Crippen LogP contribution in [-0.2, 0) is 11.3 Å². The predicted octanol–water partition coefficient (Wildman–Crippen LogP) is 7.07. The second-order valence-electron chi connectivity index (χ2n) is 8.35. The van der Waals surface area contributed by atoms with Crippen LogP contribution in [-0.4, -0.2) is 34.2 Å². The van der Waals surface area contributed by atoms with Crippen molar-refractivity contribution >= 4 is 40.9 Å². The van der Waals surface area contributed by atoms with Crippen molar-refractivity contribution in [1.29, 1.82) is 0 Å². The molecule has 0 unspecified atom stereocenters. The summed E-state index contributed by atoms with van der Waals surface area (Å²) in [6.07, 6.45) is 1.46. The summed E-state index contributed by atoms with van der Waals surface area (Å²) in [6, 6.07) is 26.5. The van der Waals surface area contributed by atoms with Crippen LogP contribution in [0.25, 0.3) is 0 Å². The number of esters is 1. The van der Waals surface area contributed by atoms with E-state index >= 15 is 0 Å². The van der Waals surface area contributed by atoms with Crippen molar-refractivity contribution in [3.05, 3.63) is 96.4 Å². The molecule has 0 aliphatic rings. The van der Waals surface area contributed by atoms with Crippen LogP contribution in [0, 0.1) is 0 Å². The van der Waals surface area contributed by atoms with Gasteiger partial charge in [0.25, 0.3) is 0 Å². The van der Waals surface area contributed by atoms with Gasteiger partial charge in [-0.2, -0.15) is 0 Å². The highest BCUT2D eigenvalue weighted by Crippen LogP contribution is 2.36. The number of anilines is 2. The third-order valence-electron chi connectivity index (χ3n) is 5.21. The largest absolute Gasteiger partial charge is 0.457 e. The molecule has 0 saturated heterocycles. The van der Waals surface area contributed by atoms with E-state index in [4.69, 9.17) is 9.15 Å². The fourth-order valence-electron chi connectivity index (χ4n) is 3.34. The van der Waals surface area contributed by atoms with E-state index in [1.165, 1.54) is 6.26 Å². The number of carbonyl (C=O) groups excluding carboxylic acids is 1. The van der Waals surface area contributed by atoms with Gasteiger partial charge in [0, 0.05) is 59.1 Å². The van der Waals surface area contributed by atoms with Crippen molar-refractivity contribution in [3.63, 3.8) is 0 Å².